The smallest absolute Gasteiger partial charge is 0.270 e. The van der Waals surface area contributed by atoms with Crippen LogP contribution in [-0.2, 0) is 6.42 Å². The van der Waals surface area contributed by atoms with E-state index in [4.69, 9.17) is 4.98 Å². The third-order valence-electron chi connectivity index (χ3n) is 5.42. The Morgan fingerprint density at radius 1 is 1.11 bits per heavy atom. The predicted molar refractivity (Wildman–Crippen MR) is 114 cm³/mol. The van der Waals surface area contributed by atoms with E-state index in [-0.39, 0.29) is 5.91 Å². The van der Waals surface area contributed by atoms with E-state index in [1.165, 1.54) is 22.5 Å². The highest BCUT2D eigenvalue weighted by atomic mass is 32.1. The quantitative estimate of drug-likeness (QED) is 0.470. The van der Waals surface area contributed by atoms with Crippen LogP contribution in [0.4, 0.5) is 5.69 Å². The fourth-order valence-corrected chi connectivity index (χ4v) is 5.01. The number of thiazole rings is 1. The summed E-state index contributed by atoms with van der Waals surface area (Å²) in [6, 6.07) is 16.5. The topological polar surface area (TPSA) is 37.6 Å². The lowest BCUT2D eigenvalue weighted by Gasteiger charge is -2.29. The molecule has 4 nitrogen and oxygen atoms in total. The van der Waals surface area contributed by atoms with Crippen LogP contribution in [-0.4, -0.2) is 21.8 Å². The molecule has 0 bridgehead atoms. The van der Waals surface area contributed by atoms with E-state index in [9.17, 15) is 4.79 Å². The molecule has 5 heteroatoms. The van der Waals surface area contributed by atoms with E-state index in [0.717, 1.165) is 51.9 Å². The molecule has 1 amide bonds. The zero-order valence-electron chi connectivity index (χ0n) is 16.0. The molecule has 0 fully saturated rings. The third-order valence-corrected chi connectivity index (χ3v) is 6.56. The van der Waals surface area contributed by atoms with Crippen molar-refractivity contribution in [3.8, 4) is 11.3 Å². The van der Waals surface area contributed by atoms with Crippen molar-refractivity contribution in [1.29, 1.82) is 0 Å². The Labute approximate surface area is 168 Å². The summed E-state index contributed by atoms with van der Waals surface area (Å²) < 4.78 is 2.04. The molecule has 0 atom stereocenters. The zero-order valence-corrected chi connectivity index (χ0v) is 16.8. The zero-order chi connectivity index (χ0) is 19.3. The van der Waals surface area contributed by atoms with Crippen LogP contribution in [0.5, 0.6) is 0 Å². The summed E-state index contributed by atoms with van der Waals surface area (Å²) in [4.78, 5) is 21.7. The van der Waals surface area contributed by atoms with Gasteiger partial charge in [-0.3, -0.25) is 9.20 Å². The highest BCUT2D eigenvalue weighted by Gasteiger charge is 2.27. The van der Waals surface area contributed by atoms with Gasteiger partial charge >= 0.3 is 0 Å². The molecule has 0 unspecified atom stereocenters. The second-order valence-corrected chi connectivity index (χ2v) is 8.33. The van der Waals surface area contributed by atoms with Gasteiger partial charge in [0, 0.05) is 29.7 Å². The number of benzene rings is 2. The number of hydrogen-bond donors (Lipinski definition) is 0. The van der Waals surface area contributed by atoms with E-state index in [1.54, 1.807) is 0 Å². The lowest BCUT2D eigenvalue weighted by molar-refractivity contribution is 0.0988. The van der Waals surface area contributed by atoms with Crippen LogP contribution in [0.15, 0.2) is 54.7 Å². The first kappa shape index (κ1) is 17.2. The molecular formula is C23H21N3OS. The Morgan fingerprint density at radius 3 is 2.71 bits per heavy atom. The first-order valence-corrected chi connectivity index (χ1v) is 10.4. The molecule has 5 rings (SSSR count). The number of amides is 1. The van der Waals surface area contributed by atoms with Gasteiger partial charge in [0.2, 0.25) is 0 Å². The molecule has 0 aliphatic carbocycles. The molecule has 2 aromatic heterocycles. The number of carbonyl (C=O) groups excluding carboxylic acids is 1. The number of hydrogen-bond acceptors (Lipinski definition) is 3. The maximum absolute atomic E-state index is 13.4. The minimum atomic E-state index is 0.0825. The lowest BCUT2D eigenvalue weighted by Crippen LogP contribution is -2.35. The van der Waals surface area contributed by atoms with Crippen molar-refractivity contribution in [2.24, 2.45) is 0 Å². The maximum atomic E-state index is 13.4. The number of aryl methyl sites for hydroxylation is 3. The van der Waals surface area contributed by atoms with Crippen LogP contribution >= 0.6 is 11.3 Å². The molecule has 28 heavy (non-hydrogen) atoms. The standard InChI is InChI=1S/C23H21N3OS/c1-15-10-11-20-18(13-15)9-6-12-25(20)22(27)21-16(2)26-14-19(24-23(26)28-21)17-7-4-3-5-8-17/h3-5,7-8,10-11,13-14H,6,9,12H2,1-2H3. The van der Waals surface area contributed by atoms with Gasteiger partial charge in [-0.25, -0.2) is 4.98 Å². The highest BCUT2D eigenvalue weighted by molar-refractivity contribution is 7.19. The summed E-state index contributed by atoms with van der Waals surface area (Å²) in [5, 5.41) is 0. The first-order valence-electron chi connectivity index (χ1n) is 9.57. The Morgan fingerprint density at radius 2 is 1.93 bits per heavy atom. The summed E-state index contributed by atoms with van der Waals surface area (Å²) in [5.41, 5.74) is 6.55. The highest BCUT2D eigenvalue weighted by Crippen LogP contribution is 2.33. The molecule has 0 saturated heterocycles. The van der Waals surface area contributed by atoms with E-state index in [1.807, 2.05) is 40.6 Å². The molecule has 140 valence electrons. The number of carbonyl (C=O) groups is 1. The summed E-state index contributed by atoms with van der Waals surface area (Å²) in [7, 11) is 0. The van der Waals surface area contributed by atoms with Crippen molar-refractivity contribution in [1.82, 2.24) is 9.38 Å². The van der Waals surface area contributed by atoms with Crippen LogP contribution in [0.1, 0.15) is 32.9 Å². The van der Waals surface area contributed by atoms with Gasteiger partial charge in [0.1, 0.15) is 4.88 Å². The Hall–Kier alpha value is -2.92. The van der Waals surface area contributed by atoms with Crippen molar-refractivity contribution < 1.29 is 4.79 Å². The van der Waals surface area contributed by atoms with Crippen LogP contribution in [0, 0.1) is 13.8 Å². The number of anilines is 1. The second kappa shape index (κ2) is 6.60. The van der Waals surface area contributed by atoms with E-state index < -0.39 is 0 Å². The molecule has 3 heterocycles. The van der Waals surface area contributed by atoms with Gasteiger partial charge in [0.15, 0.2) is 4.96 Å². The van der Waals surface area contributed by atoms with Crippen LogP contribution in [0.3, 0.4) is 0 Å². The molecule has 0 radical (unpaired) electrons. The Balaban J connectivity index is 1.53. The average Bonchev–Trinajstić information content (AvgIpc) is 3.27. The predicted octanol–water partition coefficient (Wildman–Crippen LogP) is 5.27. The Bertz CT molecular complexity index is 1190. The number of rotatable bonds is 2. The molecule has 0 N–H and O–H groups in total. The fraction of sp³-hybridized carbons (Fsp3) is 0.217. The second-order valence-electron chi connectivity index (χ2n) is 7.35. The summed E-state index contributed by atoms with van der Waals surface area (Å²) in [5.74, 6) is 0.0825. The average molecular weight is 388 g/mol. The summed E-state index contributed by atoms with van der Waals surface area (Å²) in [6.45, 7) is 4.88. The van der Waals surface area contributed by atoms with Gasteiger partial charge in [-0.1, -0.05) is 59.4 Å². The fourth-order valence-electron chi connectivity index (χ4n) is 3.96. The van der Waals surface area contributed by atoms with Gasteiger partial charge in [-0.05, 0) is 38.3 Å². The van der Waals surface area contributed by atoms with Crippen molar-refractivity contribution in [3.63, 3.8) is 0 Å². The van der Waals surface area contributed by atoms with Gasteiger partial charge < -0.3 is 4.90 Å². The lowest BCUT2D eigenvalue weighted by atomic mass is 9.99. The minimum Gasteiger partial charge on any atom is -0.307 e. The van der Waals surface area contributed by atoms with Crippen molar-refractivity contribution >= 4 is 27.9 Å². The van der Waals surface area contributed by atoms with Crippen molar-refractivity contribution in [2.45, 2.75) is 26.7 Å². The normalized spacial score (nSPS) is 13.7. The molecule has 4 aromatic rings. The number of nitrogens with zero attached hydrogens (tertiary/aromatic N) is 3. The van der Waals surface area contributed by atoms with Gasteiger partial charge in [-0.2, -0.15) is 0 Å². The van der Waals surface area contributed by atoms with Crippen LogP contribution < -0.4 is 4.90 Å². The van der Waals surface area contributed by atoms with E-state index in [2.05, 4.69) is 37.3 Å². The molecular weight excluding hydrogens is 366 g/mol. The van der Waals surface area contributed by atoms with Crippen molar-refractivity contribution in [2.75, 3.05) is 11.4 Å². The molecule has 1 aliphatic heterocycles. The van der Waals surface area contributed by atoms with Gasteiger partial charge in [-0.15, -0.1) is 0 Å². The maximum Gasteiger partial charge on any atom is 0.270 e. The SMILES string of the molecule is Cc1ccc2c(c1)CCCN2C(=O)c1sc2nc(-c3ccccc3)cn2c1C. The molecule has 1 aliphatic rings. The van der Waals surface area contributed by atoms with Crippen LogP contribution in [0.25, 0.3) is 16.2 Å². The number of fused-ring (bicyclic) bond motifs is 2. The van der Waals surface area contributed by atoms with Crippen molar-refractivity contribution in [3.05, 3.63) is 76.4 Å². The van der Waals surface area contributed by atoms with E-state index in [0.29, 0.717) is 0 Å². The number of aromatic nitrogens is 2. The van der Waals surface area contributed by atoms with Crippen LogP contribution in [0.2, 0.25) is 0 Å². The molecule has 2 aromatic carbocycles. The Kier molecular flexibility index (Phi) is 4.05. The van der Waals surface area contributed by atoms with Gasteiger partial charge in [0.25, 0.3) is 5.91 Å². The number of imidazole rings is 1. The summed E-state index contributed by atoms with van der Waals surface area (Å²) >= 11 is 1.48. The van der Waals surface area contributed by atoms with Gasteiger partial charge in [0.05, 0.1) is 5.69 Å². The largest absolute Gasteiger partial charge is 0.307 e. The monoisotopic (exact) mass is 387 g/mol. The molecule has 0 spiro atoms. The minimum absolute atomic E-state index is 0.0825. The first-order chi connectivity index (χ1) is 13.6. The summed E-state index contributed by atoms with van der Waals surface area (Å²) in [6.07, 6.45) is 4.07. The third kappa shape index (κ3) is 2.74. The molecule has 0 saturated carbocycles. The van der Waals surface area contributed by atoms with E-state index >= 15 is 0 Å².